The van der Waals surface area contributed by atoms with Crippen LogP contribution >= 0.6 is 0 Å². The Hall–Kier alpha value is -2.33. The Morgan fingerprint density at radius 2 is 1.75 bits per heavy atom. The molecule has 1 atom stereocenters. The van der Waals surface area contributed by atoms with Crippen LogP contribution < -0.4 is 5.01 Å². The molecule has 0 aromatic heterocycles. The third-order valence-electron chi connectivity index (χ3n) is 3.61. The van der Waals surface area contributed by atoms with Crippen molar-refractivity contribution in [3.63, 3.8) is 0 Å². The van der Waals surface area contributed by atoms with Gasteiger partial charge in [0.1, 0.15) is 6.04 Å². The first kappa shape index (κ1) is 12.7. The van der Waals surface area contributed by atoms with Crippen molar-refractivity contribution in [2.45, 2.75) is 19.5 Å². The minimum atomic E-state index is -0.821. The van der Waals surface area contributed by atoms with Gasteiger partial charge in [0.25, 0.3) is 0 Å². The van der Waals surface area contributed by atoms with Crippen molar-refractivity contribution >= 4 is 17.3 Å². The zero-order chi connectivity index (χ0) is 14.1. The van der Waals surface area contributed by atoms with Crippen LogP contribution in [0, 0.1) is 0 Å². The molecular weight excluding hydrogens is 252 g/mol. The van der Waals surface area contributed by atoms with E-state index in [9.17, 15) is 9.90 Å². The molecule has 2 aromatic rings. The molecule has 1 aliphatic rings. The van der Waals surface area contributed by atoms with Gasteiger partial charge in [-0.3, -0.25) is 9.80 Å². The second kappa shape index (κ2) is 4.98. The number of carboxylic acid groups (broad SMARTS) is 1. The Labute approximate surface area is 117 Å². The summed E-state index contributed by atoms with van der Waals surface area (Å²) in [7, 11) is 0. The Kier molecular flexibility index (Phi) is 3.16. The number of hydrogen-bond acceptors (Lipinski definition) is 3. The summed E-state index contributed by atoms with van der Waals surface area (Å²) < 4.78 is 0. The van der Waals surface area contributed by atoms with Crippen LogP contribution in [0.5, 0.6) is 0 Å². The molecule has 0 radical (unpaired) electrons. The van der Waals surface area contributed by atoms with Crippen molar-refractivity contribution < 1.29 is 9.90 Å². The Bertz CT molecular complexity index is 627. The van der Waals surface area contributed by atoms with Gasteiger partial charge in [-0.15, -0.1) is 0 Å². The lowest BCUT2D eigenvalue weighted by atomic mass is 10.2. The molecule has 0 saturated carbocycles. The second-order valence-corrected chi connectivity index (χ2v) is 4.89. The van der Waals surface area contributed by atoms with E-state index in [-0.39, 0.29) is 0 Å². The largest absolute Gasteiger partial charge is 0.480 e. The molecule has 1 N–H and O–H groups in total. The molecule has 0 amide bonds. The van der Waals surface area contributed by atoms with Crippen LogP contribution in [-0.4, -0.2) is 22.1 Å². The van der Waals surface area contributed by atoms with Crippen molar-refractivity contribution in [1.82, 2.24) is 5.01 Å². The zero-order valence-corrected chi connectivity index (χ0v) is 11.2. The second-order valence-electron chi connectivity index (χ2n) is 4.89. The fourth-order valence-electron chi connectivity index (χ4n) is 2.53. The first-order chi connectivity index (χ1) is 9.68. The lowest BCUT2D eigenvalue weighted by molar-refractivity contribution is -0.142. The number of nitrogens with zero attached hydrogens (tertiary/aromatic N) is 2. The third kappa shape index (κ3) is 2.04. The van der Waals surface area contributed by atoms with Crippen LogP contribution in [-0.2, 0) is 11.3 Å². The predicted molar refractivity (Wildman–Crippen MR) is 77.7 cm³/mol. The van der Waals surface area contributed by atoms with Crippen molar-refractivity contribution in [1.29, 1.82) is 0 Å². The highest BCUT2D eigenvalue weighted by atomic mass is 16.4. The highest BCUT2D eigenvalue weighted by Crippen LogP contribution is 2.38. The van der Waals surface area contributed by atoms with E-state index in [1.807, 2.05) is 64.6 Å². The van der Waals surface area contributed by atoms with Gasteiger partial charge in [-0.25, -0.2) is 0 Å². The molecular formula is C16H16N2O2. The molecule has 0 spiro atoms. The van der Waals surface area contributed by atoms with Crippen molar-refractivity contribution in [3.05, 3.63) is 60.2 Å². The quantitative estimate of drug-likeness (QED) is 0.929. The van der Waals surface area contributed by atoms with E-state index in [1.165, 1.54) is 0 Å². The Balaban J connectivity index is 2.07. The van der Waals surface area contributed by atoms with Crippen LogP contribution in [0.15, 0.2) is 54.6 Å². The van der Waals surface area contributed by atoms with Gasteiger partial charge in [-0.1, -0.05) is 36.4 Å². The SMILES string of the molecule is CC(C(=O)O)N1Cc2ccccc2N1c1ccccc1. The number of rotatable bonds is 3. The number of anilines is 2. The average molecular weight is 268 g/mol. The number of aliphatic carboxylic acids is 1. The van der Waals surface area contributed by atoms with E-state index < -0.39 is 12.0 Å². The number of carboxylic acids is 1. The maximum absolute atomic E-state index is 11.3. The average Bonchev–Trinajstić information content (AvgIpc) is 2.86. The summed E-state index contributed by atoms with van der Waals surface area (Å²) in [6.07, 6.45) is 0. The summed E-state index contributed by atoms with van der Waals surface area (Å²) in [5.41, 5.74) is 3.17. The van der Waals surface area contributed by atoms with Gasteiger partial charge >= 0.3 is 5.97 Å². The van der Waals surface area contributed by atoms with Crippen LogP contribution in [0.2, 0.25) is 0 Å². The molecule has 3 rings (SSSR count). The normalized spacial score (nSPS) is 15.9. The molecule has 1 heterocycles. The molecule has 1 aliphatic heterocycles. The molecule has 2 aromatic carbocycles. The first-order valence-corrected chi connectivity index (χ1v) is 6.61. The maximum atomic E-state index is 11.3. The van der Waals surface area contributed by atoms with Crippen LogP contribution in [0.25, 0.3) is 0 Å². The van der Waals surface area contributed by atoms with Crippen molar-refractivity contribution in [2.75, 3.05) is 5.01 Å². The summed E-state index contributed by atoms with van der Waals surface area (Å²) in [5, 5.41) is 13.2. The summed E-state index contributed by atoms with van der Waals surface area (Å²) in [4.78, 5) is 11.3. The van der Waals surface area contributed by atoms with E-state index in [4.69, 9.17) is 0 Å². The number of para-hydroxylation sites is 2. The molecule has 1 unspecified atom stereocenters. The van der Waals surface area contributed by atoms with Gasteiger partial charge in [-0.05, 0) is 30.7 Å². The molecule has 0 aliphatic carbocycles. The Morgan fingerprint density at radius 1 is 1.10 bits per heavy atom. The molecule has 0 saturated heterocycles. The smallest absolute Gasteiger partial charge is 0.322 e. The summed E-state index contributed by atoms with van der Waals surface area (Å²) in [5.74, 6) is -0.821. The van der Waals surface area contributed by atoms with Gasteiger partial charge in [0.15, 0.2) is 0 Å². The third-order valence-corrected chi connectivity index (χ3v) is 3.61. The molecule has 4 nitrogen and oxygen atoms in total. The summed E-state index contributed by atoms with van der Waals surface area (Å²) >= 11 is 0. The number of benzene rings is 2. The van der Waals surface area contributed by atoms with E-state index >= 15 is 0 Å². The van der Waals surface area contributed by atoms with Crippen molar-refractivity contribution in [2.24, 2.45) is 0 Å². The number of hydrazine groups is 1. The Morgan fingerprint density at radius 3 is 2.45 bits per heavy atom. The van der Waals surface area contributed by atoms with Gasteiger partial charge < -0.3 is 5.11 Å². The predicted octanol–water partition coefficient (Wildman–Crippen LogP) is 3.03. The lowest BCUT2D eigenvalue weighted by Crippen LogP contribution is -2.44. The van der Waals surface area contributed by atoms with Gasteiger partial charge in [0, 0.05) is 6.54 Å². The standard InChI is InChI=1S/C16H16N2O2/c1-12(16(19)20)17-11-13-7-5-6-10-15(13)18(17)14-8-3-2-4-9-14/h2-10,12H,11H2,1H3,(H,19,20). The number of fused-ring (bicyclic) bond motifs is 1. The van der Waals surface area contributed by atoms with E-state index in [2.05, 4.69) is 0 Å². The first-order valence-electron chi connectivity index (χ1n) is 6.61. The minimum absolute atomic E-state index is 0.581. The van der Waals surface area contributed by atoms with E-state index in [0.717, 1.165) is 16.9 Å². The molecule has 0 fully saturated rings. The van der Waals surface area contributed by atoms with Crippen LogP contribution in [0.1, 0.15) is 12.5 Å². The fraction of sp³-hybridized carbons (Fsp3) is 0.188. The summed E-state index contributed by atoms with van der Waals surface area (Å²) in [6.45, 7) is 2.32. The fourth-order valence-corrected chi connectivity index (χ4v) is 2.53. The highest BCUT2D eigenvalue weighted by Gasteiger charge is 2.34. The van der Waals surface area contributed by atoms with Crippen LogP contribution in [0.4, 0.5) is 11.4 Å². The van der Waals surface area contributed by atoms with Gasteiger partial charge in [0.2, 0.25) is 0 Å². The van der Waals surface area contributed by atoms with E-state index in [1.54, 1.807) is 6.92 Å². The van der Waals surface area contributed by atoms with E-state index in [0.29, 0.717) is 6.54 Å². The molecule has 102 valence electrons. The van der Waals surface area contributed by atoms with Gasteiger partial charge in [-0.2, -0.15) is 5.01 Å². The van der Waals surface area contributed by atoms with Crippen LogP contribution in [0.3, 0.4) is 0 Å². The maximum Gasteiger partial charge on any atom is 0.322 e. The highest BCUT2D eigenvalue weighted by molar-refractivity contribution is 5.76. The van der Waals surface area contributed by atoms with Gasteiger partial charge in [0.05, 0.1) is 11.4 Å². The topological polar surface area (TPSA) is 43.8 Å². The molecule has 0 bridgehead atoms. The monoisotopic (exact) mass is 268 g/mol. The number of hydrogen-bond donors (Lipinski definition) is 1. The number of carbonyl (C=O) groups is 1. The minimum Gasteiger partial charge on any atom is -0.480 e. The molecule has 20 heavy (non-hydrogen) atoms. The lowest BCUT2D eigenvalue weighted by Gasteiger charge is -2.33. The summed E-state index contributed by atoms with van der Waals surface area (Å²) in [6, 6.07) is 17.3. The zero-order valence-electron chi connectivity index (χ0n) is 11.2. The van der Waals surface area contributed by atoms with Crippen molar-refractivity contribution in [3.8, 4) is 0 Å². The molecule has 4 heteroatoms.